The second-order valence-electron chi connectivity index (χ2n) is 3.42. The van der Waals surface area contributed by atoms with Crippen LogP contribution in [0.2, 0.25) is 0 Å². The van der Waals surface area contributed by atoms with Crippen LogP contribution in [-0.2, 0) is 4.79 Å². The highest BCUT2D eigenvalue weighted by Crippen LogP contribution is 2.01. The molecule has 0 rings (SSSR count). The van der Waals surface area contributed by atoms with E-state index in [-0.39, 0.29) is 16.7 Å². The lowest BCUT2D eigenvalue weighted by atomic mass is 10.1. The van der Waals surface area contributed by atoms with E-state index < -0.39 is 0 Å². The van der Waals surface area contributed by atoms with Crippen molar-refractivity contribution in [1.29, 1.82) is 0 Å². The molecule has 0 aromatic carbocycles. The number of carbonyl (C=O) groups excluding carboxylic acids is 1. The maximum atomic E-state index is 11.0. The van der Waals surface area contributed by atoms with Crippen LogP contribution in [0, 0.1) is 0 Å². The van der Waals surface area contributed by atoms with Crippen molar-refractivity contribution in [3.8, 4) is 0 Å². The molecule has 0 aliphatic heterocycles. The molecule has 0 heterocycles. The minimum Gasteiger partial charge on any atom is -0.351 e. The molecule has 60 valence electrons. The summed E-state index contributed by atoms with van der Waals surface area (Å²) in [6, 6.07) is 0. The van der Waals surface area contributed by atoms with Gasteiger partial charge in [-0.1, -0.05) is 0 Å². The number of rotatable bonds is 1. The molecular weight excluding hydrogens is 146 g/mol. The van der Waals surface area contributed by atoms with Crippen LogP contribution < -0.4 is 5.32 Å². The fourth-order valence-corrected chi connectivity index (χ4v) is 0.539. The lowest BCUT2D eigenvalue weighted by molar-refractivity contribution is -0.121. The average molecular weight is 161 g/mol. The zero-order valence-corrected chi connectivity index (χ0v) is 7.83. The van der Waals surface area contributed by atoms with E-state index >= 15 is 0 Å². The Morgan fingerprint density at radius 1 is 1.50 bits per heavy atom. The van der Waals surface area contributed by atoms with Crippen molar-refractivity contribution in [2.45, 2.75) is 38.5 Å². The van der Waals surface area contributed by atoms with Crippen LogP contribution in [0.5, 0.6) is 0 Å². The molecule has 3 heteroatoms. The van der Waals surface area contributed by atoms with Crippen molar-refractivity contribution in [1.82, 2.24) is 5.32 Å². The summed E-state index contributed by atoms with van der Waals surface area (Å²) in [6.07, 6.45) is 0. The minimum atomic E-state index is -0.223. The van der Waals surface area contributed by atoms with E-state index in [1.165, 1.54) is 0 Å². The first-order valence-corrected chi connectivity index (χ1v) is 3.84. The number of hydrogen-bond acceptors (Lipinski definition) is 2. The van der Waals surface area contributed by atoms with Crippen LogP contribution in [0.1, 0.15) is 27.7 Å². The molecule has 0 radical (unpaired) electrons. The summed E-state index contributed by atoms with van der Waals surface area (Å²) in [6.45, 7) is 7.59. The van der Waals surface area contributed by atoms with Gasteiger partial charge in [-0.15, -0.1) is 0 Å². The monoisotopic (exact) mass is 161 g/mol. The van der Waals surface area contributed by atoms with E-state index in [2.05, 4.69) is 17.9 Å². The summed E-state index contributed by atoms with van der Waals surface area (Å²) in [5.41, 5.74) is -0.145. The minimum absolute atomic E-state index is 0.0177. The third-order valence-electron chi connectivity index (χ3n) is 0.878. The summed E-state index contributed by atoms with van der Waals surface area (Å²) in [7, 11) is 0. The van der Waals surface area contributed by atoms with E-state index in [0.29, 0.717) is 0 Å². The van der Waals surface area contributed by atoms with Crippen LogP contribution in [0.3, 0.4) is 0 Å². The highest BCUT2D eigenvalue weighted by Gasteiger charge is 2.15. The van der Waals surface area contributed by atoms with Gasteiger partial charge in [0.2, 0.25) is 5.91 Å². The van der Waals surface area contributed by atoms with Gasteiger partial charge in [0.25, 0.3) is 0 Å². The maximum absolute atomic E-state index is 11.0. The Morgan fingerprint density at radius 3 is 2.00 bits per heavy atom. The van der Waals surface area contributed by atoms with Crippen molar-refractivity contribution in [3.63, 3.8) is 0 Å². The van der Waals surface area contributed by atoms with Crippen LogP contribution in [-0.4, -0.2) is 16.7 Å². The van der Waals surface area contributed by atoms with Gasteiger partial charge < -0.3 is 5.32 Å². The fraction of sp³-hybridized carbons (Fsp3) is 0.857. The summed E-state index contributed by atoms with van der Waals surface area (Å²) in [5.74, 6) is -0.0177. The van der Waals surface area contributed by atoms with Gasteiger partial charge in [-0.3, -0.25) is 4.79 Å². The Labute approximate surface area is 67.8 Å². The van der Waals surface area contributed by atoms with Crippen LogP contribution in [0.4, 0.5) is 0 Å². The Hall–Kier alpha value is -0.180. The molecule has 0 bridgehead atoms. The molecule has 0 aromatic heterocycles. The van der Waals surface area contributed by atoms with E-state index in [4.69, 9.17) is 0 Å². The summed E-state index contributed by atoms with van der Waals surface area (Å²) in [5, 5.41) is 2.58. The lowest BCUT2D eigenvalue weighted by Crippen LogP contribution is -2.43. The van der Waals surface area contributed by atoms with Gasteiger partial charge >= 0.3 is 0 Å². The topological polar surface area (TPSA) is 29.1 Å². The highest BCUT2D eigenvalue weighted by atomic mass is 32.1. The van der Waals surface area contributed by atoms with Crippen molar-refractivity contribution < 1.29 is 4.79 Å². The quantitative estimate of drug-likeness (QED) is 0.556. The van der Waals surface area contributed by atoms with Crippen LogP contribution >= 0.6 is 12.6 Å². The molecule has 0 saturated heterocycles. The van der Waals surface area contributed by atoms with Gasteiger partial charge in [0.05, 0.1) is 5.25 Å². The zero-order chi connectivity index (χ0) is 8.36. The van der Waals surface area contributed by atoms with Gasteiger partial charge in [-0.25, -0.2) is 0 Å². The van der Waals surface area contributed by atoms with Crippen LogP contribution in [0.15, 0.2) is 0 Å². The summed E-state index contributed by atoms with van der Waals surface area (Å²) < 4.78 is 0. The molecule has 1 unspecified atom stereocenters. The van der Waals surface area contributed by atoms with Gasteiger partial charge in [-0.2, -0.15) is 12.6 Å². The molecule has 10 heavy (non-hydrogen) atoms. The number of hydrogen-bond donors (Lipinski definition) is 2. The standard InChI is InChI=1S/C7H15NOS/c1-5(10)6(9)8-7(2,3)4/h5,10H,1-4H3,(H,8,9). The van der Waals surface area contributed by atoms with Gasteiger partial charge in [0, 0.05) is 5.54 Å². The third-order valence-corrected chi connectivity index (χ3v) is 1.11. The Balaban J connectivity index is 3.81. The second kappa shape index (κ2) is 3.28. The maximum Gasteiger partial charge on any atom is 0.232 e. The molecule has 0 aliphatic rings. The fourth-order valence-electron chi connectivity index (χ4n) is 0.474. The first kappa shape index (κ1) is 9.82. The average Bonchev–Trinajstić information content (AvgIpc) is 1.60. The third kappa shape index (κ3) is 4.68. The van der Waals surface area contributed by atoms with Crippen molar-refractivity contribution in [2.75, 3.05) is 0 Å². The van der Waals surface area contributed by atoms with Crippen molar-refractivity contribution >= 4 is 18.5 Å². The molecule has 0 aromatic rings. The molecule has 0 spiro atoms. The molecule has 2 nitrogen and oxygen atoms in total. The molecule has 0 fully saturated rings. The molecule has 1 atom stereocenters. The first-order chi connectivity index (χ1) is 4.33. The van der Waals surface area contributed by atoms with E-state index in [1.807, 2.05) is 20.8 Å². The largest absolute Gasteiger partial charge is 0.351 e. The normalized spacial score (nSPS) is 14.5. The van der Waals surface area contributed by atoms with E-state index in [1.54, 1.807) is 6.92 Å². The first-order valence-electron chi connectivity index (χ1n) is 3.33. The molecule has 0 saturated carbocycles. The second-order valence-corrected chi connectivity index (χ2v) is 4.19. The summed E-state index contributed by atoms with van der Waals surface area (Å²) >= 11 is 3.99. The van der Waals surface area contributed by atoms with E-state index in [9.17, 15) is 4.79 Å². The smallest absolute Gasteiger partial charge is 0.232 e. The number of nitrogens with one attached hydrogen (secondary N) is 1. The molecular formula is C7H15NOS. The Bertz CT molecular complexity index is 126. The Kier molecular flexibility index (Phi) is 3.22. The number of thiol groups is 1. The van der Waals surface area contributed by atoms with Gasteiger partial charge in [-0.05, 0) is 27.7 Å². The lowest BCUT2D eigenvalue weighted by Gasteiger charge is -2.21. The number of amides is 1. The molecule has 0 aliphatic carbocycles. The highest BCUT2D eigenvalue weighted by molar-refractivity contribution is 7.81. The van der Waals surface area contributed by atoms with Gasteiger partial charge in [0.1, 0.15) is 0 Å². The number of carbonyl (C=O) groups is 1. The summed E-state index contributed by atoms with van der Waals surface area (Å²) in [4.78, 5) is 11.0. The molecule has 1 amide bonds. The van der Waals surface area contributed by atoms with Gasteiger partial charge in [0.15, 0.2) is 0 Å². The Morgan fingerprint density at radius 2 is 1.90 bits per heavy atom. The van der Waals surface area contributed by atoms with Crippen LogP contribution in [0.25, 0.3) is 0 Å². The predicted octanol–water partition coefficient (Wildman–Crippen LogP) is 1.22. The SMILES string of the molecule is CC(S)C(=O)NC(C)(C)C. The predicted molar refractivity (Wildman–Crippen MR) is 46.3 cm³/mol. The molecule has 1 N–H and O–H groups in total. The van der Waals surface area contributed by atoms with Crippen molar-refractivity contribution in [3.05, 3.63) is 0 Å². The van der Waals surface area contributed by atoms with E-state index in [0.717, 1.165) is 0 Å². The van der Waals surface area contributed by atoms with Crippen molar-refractivity contribution in [2.24, 2.45) is 0 Å². The zero-order valence-electron chi connectivity index (χ0n) is 6.93.